The molecule has 2 aromatic carbocycles. The number of amides is 1. The molecule has 0 saturated carbocycles. The molecule has 120 valence electrons. The van der Waals surface area contributed by atoms with Crippen LogP contribution in [0.4, 0.5) is 17.2 Å². The van der Waals surface area contributed by atoms with Crippen molar-refractivity contribution >= 4 is 23.1 Å². The van der Waals surface area contributed by atoms with Gasteiger partial charge >= 0.3 is 0 Å². The molecule has 3 rings (SSSR count). The number of hydrogen-bond donors (Lipinski definition) is 2. The predicted octanol–water partition coefficient (Wildman–Crippen LogP) is 4.69. The molecule has 0 aliphatic heterocycles. The largest absolute Gasteiger partial charge is 0.339 e. The minimum atomic E-state index is -0.187. The Morgan fingerprint density at radius 2 is 1.46 bits per heavy atom. The van der Waals surface area contributed by atoms with Gasteiger partial charge in [0.25, 0.3) is 5.91 Å². The summed E-state index contributed by atoms with van der Waals surface area (Å²) in [6.07, 6.45) is 1.67. The lowest BCUT2D eigenvalue weighted by molar-refractivity contribution is 0.102. The van der Waals surface area contributed by atoms with Crippen molar-refractivity contribution in [2.24, 2.45) is 0 Å². The van der Waals surface area contributed by atoms with E-state index >= 15 is 0 Å². The molecule has 0 radical (unpaired) electrons. The third kappa shape index (κ3) is 3.43. The molecule has 0 fully saturated rings. The molecule has 1 aromatic heterocycles. The number of carbonyl (C=O) groups excluding carboxylic acids is 1. The SMILES string of the molecule is Cc1ccccc1NC(=O)c1cccnc1Nc1ccccc1C. The molecule has 0 bridgehead atoms. The Balaban J connectivity index is 1.88. The quantitative estimate of drug-likeness (QED) is 0.733. The molecule has 0 spiro atoms. The van der Waals surface area contributed by atoms with Gasteiger partial charge in [-0.05, 0) is 49.2 Å². The number of nitrogens with one attached hydrogen (secondary N) is 2. The minimum absolute atomic E-state index is 0.187. The van der Waals surface area contributed by atoms with Crippen LogP contribution in [-0.4, -0.2) is 10.9 Å². The van der Waals surface area contributed by atoms with E-state index in [4.69, 9.17) is 0 Å². The third-order valence-electron chi connectivity index (χ3n) is 3.84. The van der Waals surface area contributed by atoms with E-state index in [1.165, 1.54) is 0 Å². The van der Waals surface area contributed by atoms with E-state index in [1.54, 1.807) is 18.3 Å². The van der Waals surface area contributed by atoms with Gasteiger partial charge in [-0.15, -0.1) is 0 Å². The fourth-order valence-corrected chi connectivity index (χ4v) is 2.43. The van der Waals surface area contributed by atoms with Gasteiger partial charge in [-0.2, -0.15) is 0 Å². The summed E-state index contributed by atoms with van der Waals surface area (Å²) in [6, 6.07) is 19.1. The van der Waals surface area contributed by atoms with E-state index < -0.39 is 0 Å². The Bertz CT molecular complexity index is 874. The summed E-state index contributed by atoms with van der Waals surface area (Å²) in [7, 11) is 0. The van der Waals surface area contributed by atoms with E-state index in [0.29, 0.717) is 11.4 Å². The van der Waals surface area contributed by atoms with Crippen LogP contribution >= 0.6 is 0 Å². The Labute approximate surface area is 141 Å². The summed E-state index contributed by atoms with van der Waals surface area (Å²) in [4.78, 5) is 17.0. The highest BCUT2D eigenvalue weighted by Crippen LogP contribution is 2.23. The summed E-state index contributed by atoms with van der Waals surface area (Å²) in [5, 5.41) is 6.20. The summed E-state index contributed by atoms with van der Waals surface area (Å²) < 4.78 is 0. The number of hydrogen-bond acceptors (Lipinski definition) is 3. The number of rotatable bonds is 4. The molecule has 24 heavy (non-hydrogen) atoms. The van der Waals surface area contributed by atoms with Crippen LogP contribution in [0, 0.1) is 13.8 Å². The van der Waals surface area contributed by atoms with Gasteiger partial charge in [0.05, 0.1) is 5.56 Å². The number of para-hydroxylation sites is 2. The molecule has 3 aromatic rings. The van der Waals surface area contributed by atoms with E-state index in [9.17, 15) is 4.79 Å². The average Bonchev–Trinajstić information content (AvgIpc) is 2.59. The summed E-state index contributed by atoms with van der Waals surface area (Å²) in [6.45, 7) is 3.98. The summed E-state index contributed by atoms with van der Waals surface area (Å²) >= 11 is 0. The number of aromatic nitrogens is 1. The highest BCUT2D eigenvalue weighted by molar-refractivity contribution is 6.08. The molecule has 1 heterocycles. The number of benzene rings is 2. The Morgan fingerprint density at radius 3 is 2.12 bits per heavy atom. The van der Waals surface area contributed by atoms with Crippen LogP contribution in [0.3, 0.4) is 0 Å². The maximum Gasteiger partial charge on any atom is 0.259 e. The first-order chi connectivity index (χ1) is 11.6. The maximum atomic E-state index is 12.7. The van der Waals surface area contributed by atoms with Crippen molar-refractivity contribution in [2.45, 2.75) is 13.8 Å². The van der Waals surface area contributed by atoms with Crippen LogP contribution in [0.2, 0.25) is 0 Å². The molecule has 4 nitrogen and oxygen atoms in total. The van der Waals surface area contributed by atoms with Gasteiger partial charge in [0.15, 0.2) is 0 Å². The van der Waals surface area contributed by atoms with E-state index in [0.717, 1.165) is 22.5 Å². The normalized spacial score (nSPS) is 10.2. The summed E-state index contributed by atoms with van der Waals surface area (Å²) in [5.74, 6) is 0.353. The zero-order chi connectivity index (χ0) is 16.9. The summed E-state index contributed by atoms with van der Waals surface area (Å²) in [5.41, 5.74) is 4.34. The van der Waals surface area contributed by atoms with Gasteiger partial charge < -0.3 is 10.6 Å². The zero-order valence-electron chi connectivity index (χ0n) is 13.7. The highest BCUT2D eigenvalue weighted by Gasteiger charge is 2.14. The van der Waals surface area contributed by atoms with Gasteiger partial charge in [-0.3, -0.25) is 4.79 Å². The minimum Gasteiger partial charge on any atom is -0.339 e. The third-order valence-corrected chi connectivity index (χ3v) is 3.84. The fraction of sp³-hybridized carbons (Fsp3) is 0.100. The second-order valence-corrected chi connectivity index (χ2v) is 5.61. The van der Waals surface area contributed by atoms with Crippen LogP contribution in [0.25, 0.3) is 0 Å². The van der Waals surface area contributed by atoms with Crippen molar-refractivity contribution in [1.82, 2.24) is 4.98 Å². The van der Waals surface area contributed by atoms with Crippen LogP contribution in [0.1, 0.15) is 21.5 Å². The molecule has 1 amide bonds. The molecular weight excluding hydrogens is 298 g/mol. The van der Waals surface area contributed by atoms with Crippen LogP contribution in [-0.2, 0) is 0 Å². The van der Waals surface area contributed by atoms with E-state index in [2.05, 4.69) is 15.6 Å². The smallest absolute Gasteiger partial charge is 0.259 e. The lowest BCUT2D eigenvalue weighted by Gasteiger charge is -2.13. The predicted molar refractivity (Wildman–Crippen MR) is 97.8 cm³/mol. The first-order valence-corrected chi connectivity index (χ1v) is 7.80. The van der Waals surface area contributed by atoms with Gasteiger partial charge in [0.2, 0.25) is 0 Å². The van der Waals surface area contributed by atoms with Crippen molar-refractivity contribution in [3.63, 3.8) is 0 Å². The number of aryl methyl sites for hydroxylation is 2. The second kappa shape index (κ2) is 6.96. The maximum absolute atomic E-state index is 12.7. The lowest BCUT2D eigenvalue weighted by atomic mass is 10.1. The monoisotopic (exact) mass is 317 g/mol. The first-order valence-electron chi connectivity index (χ1n) is 7.80. The molecule has 0 atom stereocenters. The molecule has 0 aliphatic carbocycles. The Hall–Kier alpha value is -3.14. The lowest BCUT2D eigenvalue weighted by Crippen LogP contribution is -2.15. The fourth-order valence-electron chi connectivity index (χ4n) is 2.43. The number of carbonyl (C=O) groups is 1. The molecule has 2 N–H and O–H groups in total. The Kier molecular flexibility index (Phi) is 4.57. The molecule has 0 saturated heterocycles. The van der Waals surface area contributed by atoms with Crippen molar-refractivity contribution in [3.8, 4) is 0 Å². The topological polar surface area (TPSA) is 54.0 Å². The molecular formula is C20H19N3O. The van der Waals surface area contributed by atoms with Crippen molar-refractivity contribution in [3.05, 3.63) is 83.6 Å². The van der Waals surface area contributed by atoms with Crippen molar-refractivity contribution in [1.29, 1.82) is 0 Å². The van der Waals surface area contributed by atoms with Gasteiger partial charge in [-0.25, -0.2) is 4.98 Å². The average molecular weight is 317 g/mol. The van der Waals surface area contributed by atoms with Crippen molar-refractivity contribution < 1.29 is 4.79 Å². The first kappa shape index (κ1) is 15.7. The van der Waals surface area contributed by atoms with Crippen LogP contribution in [0.5, 0.6) is 0 Å². The van der Waals surface area contributed by atoms with Crippen molar-refractivity contribution in [2.75, 3.05) is 10.6 Å². The number of nitrogens with zero attached hydrogens (tertiary/aromatic N) is 1. The number of anilines is 3. The molecule has 0 aliphatic rings. The van der Waals surface area contributed by atoms with Gasteiger partial charge in [-0.1, -0.05) is 36.4 Å². The molecule has 4 heteroatoms. The van der Waals surface area contributed by atoms with Gasteiger partial charge in [0, 0.05) is 17.6 Å². The van der Waals surface area contributed by atoms with Crippen LogP contribution < -0.4 is 10.6 Å². The zero-order valence-corrected chi connectivity index (χ0v) is 13.7. The Morgan fingerprint density at radius 1 is 0.833 bits per heavy atom. The standard InChI is InChI=1S/C20H19N3O/c1-14-8-3-5-11-17(14)22-19-16(10-7-13-21-19)20(24)23-18-12-6-4-9-15(18)2/h3-13H,1-2H3,(H,21,22)(H,23,24). The second-order valence-electron chi connectivity index (χ2n) is 5.61. The molecule has 0 unspecified atom stereocenters. The highest BCUT2D eigenvalue weighted by atomic mass is 16.1. The van der Waals surface area contributed by atoms with Gasteiger partial charge in [0.1, 0.15) is 5.82 Å². The van der Waals surface area contributed by atoms with E-state index in [1.807, 2.05) is 62.4 Å². The van der Waals surface area contributed by atoms with E-state index in [-0.39, 0.29) is 5.91 Å². The van der Waals surface area contributed by atoms with Crippen LogP contribution in [0.15, 0.2) is 66.9 Å². The number of pyridine rings is 1.